The zero-order valence-electron chi connectivity index (χ0n) is 15.0. The summed E-state index contributed by atoms with van der Waals surface area (Å²) >= 11 is 0. The Labute approximate surface area is 158 Å². The van der Waals surface area contributed by atoms with Crippen molar-refractivity contribution in [3.8, 4) is 17.4 Å². The molecule has 1 heterocycles. The van der Waals surface area contributed by atoms with Crippen LogP contribution in [0.1, 0.15) is 23.5 Å². The Morgan fingerprint density at radius 2 is 1.81 bits per heavy atom. The van der Waals surface area contributed by atoms with Crippen LogP contribution in [-0.2, 0) is 11.2 Å². The normalized spacial score (nSPS) is 15.1. The molecule has 1 N–H and O–H groups in total. The molecule has 5 nitrogen and oxygen atoms in total. The van der Waals surface area contributed by atoms with Gasteiger partial charge in [0.1, 0.15) is 0 Å². The highest BCUT2D eigenvalue weighted by Crippen LogP contribution is 2.34. The number of nitrogens with zero attached hydrogens (tertiary/aromatic N) is 1. The fourth-order valence-electron chi connectivity index (χ4n) is 3.39. The van der Waals surface area contributed by atoms with Crippen LogP contribution in [0.15, 0.2) is 66.9 Å². The van der Waals surface area contributed by atoms with Crippen molar-refractivity contribution in [2.45, 2.75) is 18.8 Å². The van der Waals surface area contributed by atoms with Gasteiger partial charge in [0.05, 0.1) is 24.9 Å². The molecule has 0 radical (unpaired) electrons. The van der Waals surface area contributed by atoms with Crippen LogP contribution in [0.2, 0.25) is 0 Å². The van der Waals surface area contributed by atoms with E-state index in [9.17, 15) is 4.79 Å². The number of amides is 1. The van der Waals surface area contributed by atoms with E-state index in [0.29, 0.717) is 23.1 Å². The molecule has 0 saturated heterocycles. The molecule has 1 amide bonds. The van der Waals surface area contributed by atoms with Crippen molar-refractivity contribution in [2.75, 3.05) is 12.4 Å². The first-order valence-corrected chi connectivity index (χ1v) is 8.90. The van der Waals surface area contributed by atoms with E-state index in [0.717, 1.165) is 18.4 Å². The summed E-state index contributed by atoms with van der Waals surface area (Å²) in [6, 6.07) is 19.0. The van der Waals surface area contributed by atoms with Crippen LogP contribution in [0.3, 0.4) is 0 Å². The Hall–Kier alpha value is -3.34. The van der Waals surface area contributed by atoms with E-state index >= 15 is 0 Å². The molecule has 1 atom stereocenters. The van der Waals surface area contributed by atoms with Gasteiger partial charge in [0.15, 0.2) is 11.5 Å². The van der Waals surface area contributed by atoms with Crippen LogP contribution >= 0.6 is 0 Å². The van der Waals surface area contributed by atoms with E-state index in [1.807, 2.05) is 42.5 Å². The summed E-state index contributed by atoms with van der Waals surface area (Å²) in [4.78, 5) is 16.9. The van der Waals surface area contributed by atoms with Gasteiger partial charge < -0.3 is 14.8 Å². The molecule has 0 spiro atoms. The maximum absolute atomic E-state index is 12.7. The molecule has 27 heavy (non-hydrogen) atoms. The molecule has 3 aromatic rings. The number of benzene rings is 2. The minimum atomic E-state index is -0.106. The van der Waals surface area contributed by atoms with Crippen molar-refractivity contribution in [2.24, 2.45) is 0 Å². The van der Waals surface area contributed by atoms with Crippen LogP contribution in [0.25, 0.3) is 0 Å². The first-order valence-electron chi connectivity index (χ1n) is 8.90. The molecule has 0 fully saturated rings. The third-order valence-electron chi connectivity index (χ3n) is 4.74. The molecule has 136 valence electrons. The van der Waals surface area contributed by atoms with Crippen LogP contribution < -0.4 is 14.8 Å². The molecule has 5 heteroatoms. The number of pyridine rings is 1. The molecule has 4 rings (SSSR count). The van der Waals surface area contributed by atoms with Crippen molar-refractivity contribution >= 4 is 11.6 Å². The molecule has 1 aromatic heterocycles. The fourth-order valence-corrected chi connectivity index (χ4v) is 3.39. The molecular weight excluding hydrogens is 340 g/mol. The predicted octanol–water partition coefficient (Wildman–Crippen LogP) is 4.55. The number of aryl methyl sites for hydroxylation is 1. The number of carbonyl (C=O) groups is 1. The zero-order chi connectivity index (χ0) is 18.6. The van der Waals surface area contributed by atoms with Crippen molar-refractivity contribution in [1.29, 1.82) is 0 Å². The first-order chi connectivity index (χ1) is 13.2. The van der Waals surface area contributed by atoms with E-state index in [4.69, 9.17) is 9.47 Å². The summed E-state index contributed by atoms with van der Waals surface area (Å²) in [5.41, 5.74) is 3.03. The zero-order valence-corrected chi connectivity index (χ0v) is 15.0. The Balaban J connectivity index is 1.43. The summed E-state index contributed by atoms with van der Waals surface area (Å²) < 4.78 is 11.0. The highest BCUT2D eigenvalue weighted by molar-refractivity contribution is 5.96. The molecule has 1 aliphatic carbocycles. The Kier molecular flexibility index (Phi) is 4.75. The number of fused-ring (bicyclic) bond motifs is 1. The van der Waals surface area contributed by atoms with E-state index in [-0.39, 0.29) is 11.8 Å². The molecule has 2 aromatic carbocycles. The lowest BCUT2D eigenvalue weighted by Gasteiger charge is -2.13. The van der Waals surface area contributed by atoms with Crippen LogP contribution in [0, 0.1) is 0 Å². The minimum Gasteiger partial charge on any atom is -0.493 e. The fraction of sp³-hybridized carbons (Fsp3) is 0.182. The Morgan fingerprint density at radius 1 is 1.04 bits per heavy atom. The maximum Gasteiger partial charge on any atom is 0.231 e. The lowest BCUT2D eigenvalue weighted by molar-refractivity contribution is -0.117. The topological polar surface area (TPSA) is 60.5 Å². The van der Waals surface area contributed by atoms with Gasteiger partial charge in [-0.1, -0.05) is 36.4 Å². The van der Waals surface area contributed by atoms with Crippen molar-refractivity contribution in [3.63, 3.8) is 0 Å². The Bertz CT molecular complexity index is 954. The number of hydrogen-bond donors (Lipinski definition) is 1. The number of rotatable bonds is 5. The van der Waals surface area contributed by atoms with Crippen LogP contribution in [0.5, 0.6) is 17.4 Å². The SMILES string of the molecule is COc1ccccc1Oc1ccc(NC(=O)C2CCc3ccccc32)cn1. The van der Waals surface area contributed by atoms with E-state index in [1.54, 1.807) is 25.4 Å². The number of carbonyl (C=O) groups excluding carboxylic acids is 1. The number of para-hydroxylation sites is 2. The molecular formula is C22H20N2O3. The van der Waals surface area contributed by atoms with Gasteiger partial charge in [-0.15, -0.1) is 0 Å². The van der Waals surface area contributed by atoms with Gasteiger partial charge in [-0.25, -0.2) is 4.98 Å². The van der Waals surface area contributed by atoms with Gasteiger partial charge in [0.25, 0.3) is 0 Å². The maximum atomic E-state index is 12.7. The highest BCUT2D eigenvalue weighted by atomic mass is 16.5. The van der Waals surface area contributed by atoms with Gasteiger partial charge in [0, 0.05) is 6.07 Å². The lowest BCUT2D eigenvalue weighted by atomic mass is 10.0. The second-order valence-electron chi connectivity index (χ2n) is 6.42. The van der Waals surface area contributed by atoms with E-state index < -0.39 is 0 Å². The highest BCUT2D eigenvalue weighted by Gasteiger charge is 2.28. The quantitative estimate of drug-likeness (QED) is 0.725. The molecule has 0 aliphatic heterocycles. The first kappa shape index (κ1) is 17.1. The summed E-state index contributed by atoms with van der Waals surface area (Å²) in [5, 5.41) is 2.96. The second-order valence-corrected chi connectivity index (χ2v) is 6.42. The van der Waals surface area contributed by atoms with E-state index in [2.05, 4.69) is 16.4 Å². The van der Waals surface area contributed by atoms with E-state index in [1.165, 1.54) is 5.56 Å². The van der Waals surface area contributed by atoms with Crippen LogP contribution in [0.4, 0.5) is 5.69 Å². The van der Waals surface area contributed by atoms with Crippen molar-refractivity contribution in [1.82, 2.24) is 4.98 Å². The average Bonchev–Trinajstić information content (AvgIpc) is 3.14. The monoisotopic (exact) mass is 360 g/mol. The summed E-state index contributed by atoms with van der Waals surface area (Å²) in [7, 11) is 1.59. The van der Waals surface area contributed by atoms with Crippen molar-refractivity contribution < 1.29 is 14.3 Å². The van der Waals surface area contributed by atoms with Crippen molar-refractivity contribution in [3.05, 3.63) is 78.0 Å². The minimum absolute atomic E-state index is 0.000136. The summed E-state index contributed by atoms with van der Waals surface area (Å²) in [5.74, 6) is 1.55. The lowest BCUT2D eigenvalue weighted by Crippen LogP contribution is -2.19. The summed E-state index contributed by atoms with van der Waals surface area (Å²) in [6.07, 6.45) is 3.38. The number of methoxy groups -OCH3 is 1. The van der Waals surface area contributed by atoms with Gasteiger partial charge in [-0.05, 0) is 42.2 Å². The predicted molar refractivity (Wildman–Crippen MR) is 103 cm³/mol. The Morgan fingerprint density at radius 3 is 2.59 bits per heavy atom. The molecule has 0 bridgehead atoms. The summed E-state index contributed by atoms with van der Waals surface area (Å²) in [6.45, 7) is 0. The van der Waals surface area contributed by atoms with Crippen LogP contribution in [-0.4, -0.2) is 18.0 Å². The number of hydrogen-bond acceptors (Lipinski definition) is 4. The number of nitrogens with one attached hydrogen (secondary N) is 1. The molecule has 1 aliphatic rings. The smallest absolute Gasteiger partial charge is 0.231 e. The molecule has 1 unspecified atom stereocenters. The number of aromatic nitrogens is 1. The third-order valence-corrected chi connectivity index (χ3v) is 4.74. The third kappa shape index (κ3) is 3.62. The largest absolute Gasteiger partial charge is 0.493 e. The number of anilines is 1. The number of ether oxygens (including phenoxy) is 2. The average molecular weight is 360 g/mol. The van der Waals surface area contributed by atoms with Gasteiger partial charge in [-0.2, -0.15) is 0 Å². The second kappa shape index (κ2) is 7.50. The standard InChI is InChI=1S/C22H20N2O3/c1-26-19-8-4-5-9-20(19)27-21-13-11-16(14-23-21)24-22(25)18-12-10-15-6-2-3-7-17(15)18/h2-9,11,13-14,18H,10,12H2,1H3,(H,24,25). The van der Waals surface area contributed by atoms with Gasteiger partial charge >= 0.3 is 0 Å². The van der Waals surface area contributed by atoms with Gasteiger partial charge in [-0.3, -0.25) is 4.79 Å². The molecule has 0 saturated carbocycles. The van der Waals surface area contributed by atoms with Gasteiger partial charge in [0.2, 0.25) is 11.8 Å².